The second-order valence-corrected chi connectivity index (χ2v) is 32.6. The Morgan fingerprint density at radius 1 is 0.202 bits per heavy atom. The van der Waals surface area contributed by atoms with Crippen molar-refractivity contribution in [3.63, 3.8) is 0 Å². The van der Waals surface area contributed by atoms with E-state index in [4.69, 9.17) is 37.9 Å². The Kier molecular flexibility index (Phi) is 63.5. The highest BCUT2D eigenvalue weighted by Crippen LogP contribution is 2.24. The number of carbonyl (C=O) groups is 18. The van der Waals surface area contributed by atoms with E-state index >= 15 is 14.4 Å². The van der Waals surface area contributed by atoms with Gasteiger partial charge in [0.15, 0.2) is 0 Å². The number of hydrogen-bond donors (Lipinski definition) is 5. The molecule has 36 heteroatoms. The molecule has 124 heavy (non-hydrogen) atoms. The molecule has 0 aromatic heterocycles. The fourth-order valence-corrected chi connectivity index (χ4v) is 14.0. The molecule has 0 rings (SSSR count). The zero-order chi connectivity index (χ0) is 93.5. The van der Waals surface area contributed by atoms with E-state index in [9.17, 15) is 71.9 Å². The average molecular weight is 1770 g/mol. The number of carbonyl (C=O) groups excluding carboxylic acids is 18. The van der Waals surface area contributed by atoms with Crippen LogP contribution < -0.4 is 26.6 Å². The summed E-state index contributed by atoms with van der Waals surface area (Å²) in [5.74, 6) is -10.5. The van der Waals surface area contributed by atoms with Gasteiger partial charge in [-0.05, 0) is 133 Å². The molecule has 0 radical (unpaired) electrons. The van der Waals surface area contributed by atoms with Crippen LogP contribution in [0.4, 0.5) is 0 Å². The molecular weight excluding hydrogens is 1610 g/mol. The van der Waals surface area contributed by atoms with Gasteiger partial charge in [0.05, 0.1) is 82.6 Å². The molecule has 0 saturated carbocycles. The number of unbranched alkanes of at least 4 members (excludes halogenated alkanes) is 10. The molecule has 0 aliphatic carbocycles. The van der Waals surface area contributed by atoms with Crippen LogP contribution in [0.3, 0.4) is 0 Å². The Balaban J connectivity index is 8.50. The second-order valence-electron chi connectivity index (χ2n) is 32.6. The maximum absolute atomic E-state index is 15.6. The van der Waals surface area contributed by atoms with E-state index in [0.717, 1.165) is 0 Å². The topological polar surface area (TPSA) is 457 Å². The maximum atomic E-state index is 15.6. The smallest absolute Gasteiger partial charge is 0.307 e. The summed E-state index contributed by atoms with van der Waals surface area (Å²) in [5, 5.41) is 14.5. The molecule has 36 nitrogen and oxygen atoms in total. The number of nitrogens with zero attached hydrogens (tertiary/aromatic N) is 5. The summed E-state index contributed by atoms with van der Waals surface area (Å²) in [6.07, 6.45) is 4.78. The lowest BCUT2D eigenvalue weighted by atomic mass is 9.99. The summed E-state index contributed by atoms with van der Waals surface area (Å²) in [4.78, 5) is 252. The normalized spacial score (nSPS) is 12.3. The van der Waals surface area contributed by atoms with Crippen LogP contribution in [0, 0.1) is 23.7 Å². The molecule has 0 aliphatic heterocycles. The van der Waals surface area contributed by atoms with E-state index in [-0.39, 0.29) is 241 Å². The van der Waals surface area contributed by atoms with Crippen molar-refractivity contribution in [3.05, 3.63) is 0 Å². The highest BCUT2D eigenvalue weighted by atomic mass is 16.5. The van der Waals surface area contributed by atoms with Crippen LogP contribution in [0.15, 0.2) is 0 Å². The van der Waals surface area contributed by atoms with Crippen molar-refractivity contribution in [2.45, 2.75) is 310 Å². The van der Waals surface area contributed by atoms with Gasteiger partial charge in [0.2, 0.25) is 59.1 Å². The lowest BCUT2D eigenvalue weighted by Gasteiger charge is -2.34. The van der Waals surface area contributed by atoms with E-state index in [2.05, 4.69) is 26.6 Å². The first-order chi connectivity index (χ1) is 59.0. The van der Waals surface area contributed by atoms with Gasteiger partial charge < -0.3 is 89.0 Å². The van der Waals surface area contributed by atoms with Crippen LogP contribution in [-0.2, 0) is 124 Å². The minimum atomic E-state index is -1.49. The monoisotopic (exact) mass is 1770 g/mol. The fraction of sp³-hybridized carbons (Fsp3) is 0.795. The highest BCUT2D eigenvalue weighted by molar-refractivity contribution is 5.92. The first kappa shape index (κ1) is 114. The predicted octanol–water partition coefficient (Wildman–Crippen LogP) is 7.21. The van der Waals surface area contributed by atoms with Crippen molar-refractivity contribution in [1.29, 1.82) is 0 Å². The second kappa shape index (κ2) is 68.8. The number of nitrogens with one attached hydrogen (secondary N) is 5. The van der Waals surface area contributed by atoms with E-state index in [0.29, 0.717) is 77.0 Å². The van der Waals surface area contributed by atoms with Gasteiger partial charge in [-0.3, -0.25) is 86.3 Å². The standard InChI is InChI=1S/C88H152N10O26/c1-62(2)58-67(85(113)89-48-27-17-23-39-76(104)117-9)95(54-44-80(108)121-13)71(99)35-22-21-31-53-94(72(100)37-33-38-74(102)97(56-46-82(110)123-15)69(60-64(5)6)87(115)91-50-29-19-25-41-78(106)119-11)66(34-32-36-73(101)96(55-45-81(109)122-14)68(59-63(3)4)86(114)90-49-28-18-24-40-77(105)118-10)84(112)93-52-43-75(103)98(57-47-83(111)124-16)70(61-65(7)8)88(116)92-51-30-20-26-42-79(107)120-12/h62-70H,17-61H2,1-16H3,(H,89,113)(H,90,114)(H,91,115)(H,92,116)(H,93,112). The number of amides is 10. The summed E-state index contributed by atoms with van der Waals surface area (Å²) in [7, 11) is 9.91. The maximum Gasteiger partial charge on any atom is 0.307 e. The molecule has 5 N–H and O–H groups in total. The molecule has 5 unspecified atom stereocenters. The fourth-order valence-electron chi connectivity index (χ4n) is 14.0. The molecule has 0 bridgehead atoms. The predicted molar refractivity (Wildman–Crippen MR) is 460 cm³/mol. The lowest BCUT2D eigenvalue weighted by molar-refractivity contribution is -0.146. The first-order valence-corrected chi connectivity index (χ1v) is 44.4. The zero-order valence-corrected chi connectivity index (χ0v) is 77.4. The molecule has 0 fully saturated rings. The van der Waals surface area contributed by atoms with Gasteiger partial charge in [0.1, 0.15) is 30.2 Å². The highest BCUT2D eigenvalue weighted by Gasteiger charge is 2.38. The number of ether oxygens (including phenoxy) is 8. The summed E-state index contributed by atoms with van der Waals surface area (Å²) in [5.41, 5.74) is 0. The number of esters is 8. The third kappa shape index (κ3) is 51.7. The minimum Gasteiger partial charge on any atom is -0.469 e. The van der Waals surface area contributed by atoms with Gasteiger partial charge in [0.25, 0.3) is 0 Å². The Labute approximate surface area is 735 Å². The molecule has 0 aromatic rings. The third-order valence-corrected chi connectivity index (χ3v) is 20.8. The Morgan fingerprint density at radius 3 is 0.661 bits per heavy atom. The molecule has 0 aliphatic rings. The van der Waals surface area contributed by atoms with Crippen LogP contribution in [0.25, 0.3) is 0 Å². The van der Waals surface area contributed by atoms with E-state index < -0.39 is 133 Å². The van der Waals surface area contributed by atoms with Crippen molar-refractivity contribution < 1.29 is 124 Å². The zero-order valence-electron chi connectivity index (χ0n) is 77.4. The Hall–Kier alpha value is -9.54. The quantitative estimate of drug-likeness (QED) is 0.0228. The number of hydrogen-bond acceptors (Lipinski definition) is 26. The van der Waals surface area contributed by atoms with Gasteiger partial charge in [-0.15, -0.1) is 0 Å². The Morgan fingerprint density at radius 2 is 0.403 bits per heavy atom. The van der Waals surface area contributed by atoms with E-state index in [1.54, 1.807) is 0 Å². The van der Waals surface area contributed by atoms with Crippen molar-refractivity contribution in [3.8, 4) is 0 Å². The van der Waals surface area contributed by atoms with Crippen molar-refractivity contribution in [2.24, 2.45) is 23.7 Å². The molecule has 0 aromatic carbocycles. The summed E-state index contributed by atoms with van der Waals surface area (Å²) < 4.78 is 38.8. The molecule has 5 atom stereocenters. The van der Waals surface area contributed by atoms with Crippen LogP contribution >= 0.6 is 0 Å². The SMILES string of the molecule is COC(=O)CCCCCNC(=O)C(CC(C)C)N(CCC(=O)OC)C(=O)CCCCCN(C(=O)CCCC(=O)N(CCC(=O)OC)C(CC(C)C)C(=O)NCCCCCC(=O)OC)C(CCCC(=O)N(CCC(=O)OC)C(CC(C)C)C(=O)NCCCCCC(=O)OC)C(=O)NCCC(=O)N(CCC(=O)OC)C(CC(C)C)C(=O)NCCCCCC(=O)OC. The molecule has 0 heterocycles. The van der Waals surface area contributed by atoms with Crippen molar-refractivity contribution in [2.75, 3.05) is 122 Å². The number of methoxy groups -OCH3 is 8. The van der Waals surface area contributed by atoms with Gasteiger partial charge >= 0.3 is 47.8 Å². The van der Waals surface area contributed by atoms with E-state index in [1.807, 2.05) is 55.4 Å². The van der Waals surface area contributed by atoms with Crippen LogP contribution in [-0.4, -0.2) is 284 Å². The van der Waals surface area contributed by atoms with Gasteiger partial charge in [0, 0.05) is 123 Å². The summed E-state index contributed by atoms with van der Waals surface area (Å²) >= 11 is 0. The largest absolute Gasteiger partial charge is 0.469 e. The summed E-state index contributed by atoms with van der Waals surface area (Å²) in [6, 6.07) is -5.80. The molecule has 710 valence electrons. The minimum absolute atomic E-state index is 0.102. The third-order valence-electron chi connectivity index (χ3n) is 20.8. The van der Waals surface area contributed by atoms with Crippen LogP contribution in [0.1, 0.15) is 280 Å². The Bertz CT molecular complexity index is 3260. The van der Waals surface area contributed by atoms with Crippen LogP contribution in [0.5, 0.6) is 0 Å². The van der Waals surface area contributed by atoms with Crippen LogP contribution in [0.2, 0.25) is 0 Å². The van der Waals surface area contributed by atoms with Gasteiger partial charge in [-0.2, -0.15) is 0 Å². The lowest BCUT2D eigenvalue weighted by Crippen LogP contribution is -2.53. The molecule has 0 saturated heterocycles. The molecule has 10 amide bonds. The van der Waals surface area contributed by atoms with Gasteiger partial charge in [-0.1, -0.05) is 87.5 Å². The molecular formula is C88H152N10O26. The van der Waals surface area contributed by atoms with Crippen molar-refractivity contribution in [1.82, 2.24) is 51.1 Å². The van der Waals surface area contributed by atoms with Gasteiger partial charge in [-0.25, -0.2) is 0 Å². The molecule has 0 spiro atoms. The van der Waals surface area contributed by atoms with Crippen molar-refractivity contribution >= 4 is 107 Å². The average Bonchev–Trinajstić information content (AvgIpc) is 0.381. The summed E-state index contributed by atoms with van der Waals surface area (Å²) in [6.45, 7) is 14.2. The first-order valence-electron chi connectivity index (χ1n) is 44.4. The number of rotatable bonds is 71. The van der Waals surface area contributed by atoms with E-state index in [1.165, 1.54) is 81.4 Å².